The highest BCUT2D eigenvalue weighted by molar-refractivity contribution is 7.92. The molecule has 1 aromatic carbocycles. The van der Waals surface area contributed by atoms with Crippen LogP contribution < -0.4 is 10.0 Å². The van der Waals surface area contributed by atoms with Crippen LogP contribution in [0.4, 0.5) is 10.8 Å². The van der Waals surface area contributed by atoms with Crippen molar-refractivity contribution < 1.29 is 8.42 Å². The van der Waals surface area contributed by atoms with Gasteiger partial charge < -0.3 is 5.32 Å². The Labute approximate surface area is 141 Å². The molecule has 0 bridgehead atoms. The van der Waals surface area contributed by atoms with Crippen LogP contribution in [0.1, 0.15) is 30.6 Å². The summed E-state index contributed by atoms with van der Waals surface area (Å²) in [6.07, 6.45) is 6.18. The SMILES string of the molecule is Cc1sc(NC2CCCC2)nc1-c1ccc(NS(C)(=O)=O)cc1. The molecule has 2 N–H and O–H groups in total. The fraction of sp³-hybridized carbons (Fsp3) is 0.438. The third-order valence-electron chi connectivity index (χ3n) is 3.94. The summed E-state index contributed by atoms with van der Waals surface area (Å²) in [4.78, 5) is 5.88. The lowest BCUT2D eigenvalue weighted by atomic mass is 10.1. The van der Waals surface area contributed by atoms with Crippen molar-refractivity contribution in [3.8, 4) is 11.3 Å². The maximum atomic E-state index is 11.2. The average Bonchev–Trinajstić information content (AvgIpc) is 3.08. The van der Waals surface area contributed by atoms with Crippen LogP contribution >= 0.6 is 11.3 Å². The third-order valence-corrected chi connectivity index (χ3v) is 5.45. The number of nitrogens with zero attached hydrogens (tertiary/aromatic N) is 1. The predicted octanol–water partition coefficient (Wildman–Crippen LogP) is 3.84. The molecule has 0 saturated heterocycles. The van der Waals surface area contributed by atoms with Crippen molar-refractivity contribution in [3.63, 3.8) is 0 Å². The summed E-state index contributed by atoms with van der Waals surface area (Å²) in [7, 11) is -3.25. The van der Waals surface area contributed by atoms with Gasteiger partial charge in [-0.05, 0) is 31.9 Å². The van der Waals surface area contributed by atoms with Gasteiger partial charge >= 0.3 is 0 Å². The summed E-state index contributed by atoms with van der Waals surface area (Å²) in [5.41, 5.74) is 2.52. The van der Waals surface area contributed by atoms with E-state index in [4.69, 9.17) is 4.98 Å². The maximum absolute atomic E-state index is 11.2. The zero-order valence-electron chi connectivity index (χ0n) is 13.3. The van der Waals surface area contributed by atoms with Gasteiger partial charge in [0.1, 0.15) is 0 Å². The minimum absolute atomic E-state index is 0.551. The quantitative estimate of drug-likeness (QED) is 0.858. The molecule has 2 aromatic rings. The van der Waals surface area contributed by atoms with E-state index in [-0.39, 0.29) is 0 Å². The van der Waals surface area contributed by atoms with Crippen molar-refractivity contribution in [3.05, 3.63) is 29.1 Å². The Kier molecular flexibility index (Phi) is 4.59. The first-order chi connectivity index (χ1) is 10.9. The van der Waals surface area contributed by atoms with Crippen LogP contribution in [0.25, 0.3) is 11.3 Å². The largest absolute Gasteiger partial charge is 0.359 e. The molecule has 23 heavy (non-hydrogen) atoms. The maximum Gasteiger partial charge on any atom is 0.229 e. The number of hydrogen-bond donors (Lipinski definition) is 2. The number of thiazole rings is 1. The summed E-state index contributed by atoms with van der Waals surface area (Å²) in [6.45, 7) is 2.06. The molecule has 1 aliphatic carbocycles. The highest BCUT2D eigenvalue weighted by Gasteiger charge is 2.17. The van der Waals surface area contributed by atoms with E-state index in [1.165, 1.54) is 25.7 Å². The normalized spacial score (nSPS) is 15.7. The molecule has 1 saturated carbocycles. The van der Waals surface area contributed by atoms with E-state index < -0.39 is 10.0 Å². The van der Waals surface area contributed by atoms with E-state index in [9.17, 15) is 8.42 Å². The van der Waals surface area contributed by atoms with E-state index in [1.807, 2.05) is 12.1 Å². The Morgan fingerprint density at radius 2 is 1.83 bits per heavy atom. The van der Waals surface area contributed by atoms with Crippen molar-refractivity contribution in [2.45, 2.75) is 38.6 Å². The predicted molar refractivity (Wildman–Crippen MR) is 96.6 cm³/mol. The van der Waals surface area contributed by atoms with Crippen molar-refractivity contribution in [1.29, 1.82) is 0 Å². The molecule has 0 atom stereocenters. The number of rotatable bonds is 5. The molecule has 7 heteroatoms. The second-order valence-corrected chi connectivity index (χ2v) is 8.95. The highest BCUT2D eigenvalue weighted by atomic mass is 32.2. The van der Waals surface area contributed by atoms with Crippen LogP contribution in [0.5, 0.6) is 0 Å². The van der Waals surface area contributed by atoms with Crippen molar-refractivity contribution >= 4 is 32.2 Å². The lowest BCUT2D eigenvalue weighted by Gasteiger charge is -2.09. The minimum Gasteiger partial charge on any atom is -0.359 e. The zero-order chi connectivity index (χ0) is 16.4. The lowest BCUT2D eigenvalue weighted by molar-refractivity contribution is 0.607. The molecular formula is C16H21N3O2S2. The summed E-state index contributed by atoms with van der Waals surface area (Å²) >= 11 is 1.68. The van der Waals surface area contributed by atoms with E-state index in [0.717, 1.165) is 27.5 Å². The van der Waals surface area contributed by atoms with Gasteiger partial charge in [0, 0.05) is 22.2 Å². The molecule has 0 radical (unpaired) electrons. The number of nitrogens with one attached hydrogen (secondary N) is 2. The summed E-state index contributed by atoms with van der Waals surface area (Å²) in [5.74, 6) is 0. The number of anilines is 2. The van der Waals surface area contributed by atoms with Crippen LogP contribution in [0.3, 0.4) is 0 Å². The van der Waals surface area contributed by atoms with Gasteiger partial charge in [0.25, 0.3) is 0 Å². The molecule has 0 aliphatic heterocycles. The molecule has 1 aliphatic rings. The Balaban J connectivity index is 1.77. The van der Waals surface area contributed by atoms with E-state index in [2.05, 4.69) is 17.0 Å². The number of hydrogen-bond acceptors (Lipinski definition) is 5. The number of aromatic nitrogens is 1. The monoisotopic (exact) mass is 351 g/mol. The molecule has 124 valence electrons. The molecule has 0 unspecified atom stereocenters. The topological polar surface area (TPSA) is 71.1 Å². The van der Waals surface area contributed by atoms with Crippen LogP contribution in [0.15, 0.2) is 24.3 Å². The molecule has 1 aromatic heterocycles. The standard InChI is InChI=1S/C16H21N3O2S2/c1-11-15(18-16(22-11)17-13-5-3-4-6-13)12-7-9-14(10-8-12)19-23(2,20)21/h7-10,13,19H,3-6H2,1-2H3,(H,17,18). The number of sulfonamides is 1. The second-order valence-electron chi connectivity index (χ2n) is 6.00. The Hall–Kier alpha value is -1.60. The Morgan fingerprint density at radius 3 is 2.43 bits per heavy atom. The average molecular weight is 351 g/mol. The molecule has 5 nitrogen and oxygen atoms in total. The first kappa shape index (κ1) is 16.3. The molecule has 0 amide bonds. The van der Waals surface area contributed by atoms with Gasteiger partial charge in [0.15, 0.2) is 5.13 Å². The van der Waals surface area contributed by atoms with E-state index in [1.54, 1.807) is 23.5 Å². The molecular weight excluding hydrogens is 330 g/mol. The first-order valence-corrected chi connectivity index (χ1v) is 10.4. The number of aryl methyl sites for hydroxylation is 1. The minimum atomic E-state index is -3.25. The van der Waals surface area contributed by atoms with Crippen molar-refractivity contribution in [2.75, 3.05) is 16.3 Å². The van der Waals surface area contributed by atoms with E-state index in [0.29, 0.717) is 11.7 Å². The summed E-state index contributed by atoms with van der Waals surface area (Å²) in [6, 6.07) is 7.87. The van der Waals surface area contributed by atoms with Gasteiger partial charge in [-0.15, -0.1) is 11.3 Å². The molecule has 0 spiro atoms. The van der Waals surface area contributed by atoms with Crippen molar-refractivity contribution in [1.82, 2.24) is 4.98 Å². The summed E-state index contributed by atoms with van der Waals surface area (Å²) in [5, 5.41) is 4.50. The number of benzene rings is 1. The Morgan fingerprint density at radius 1 is 1.17 bits per heavy atom. The fourth-order valence-corrected chi connectivity index (χ4v) is 4.36. The van der Waals surface area contributed by atoms with Crippen molar-refractivity contribution in [2.24, 2.45) is 0 Å². The second kappa shape index (κ2) is 6.49. The summed E-state index contributed by atoms with van der Waals surface area (Å²) < 4.78 is 25.0. The highest BCUT2D eigenvalue weighted by Crippen LogP contribution is 2.32. The van der Waals surface area contributed by atoms with Gasteiger partial charge in [-0.3, -0.25) is 4.72 Å². The van der Waals surface area contributed by atoms with E-state index >= 15 is 0 Å². The van der Waals surface area contributed by atoms with Crippen LogP contribution in [-0.2, 0) is 10.0 Å². The molecule has 1 heterocycles. The van der Waals surface area contributed by atoms with Gasteiger partial charge in [-0.2, -0.15) is 0 Å². The van der Waals surface area contributed by atoms with Crippen LogP contribution in [0.2, 0.25) is 0 Å². The Bertz CT molecular complexity index is 776. The third kappa shape index (κ3) is 4.23. The fourth-order valence-electron chi connectivity index (χ4n) is 2.88. The smallest absolute Gasteiger partial charge is 0.229 e. The van der Waals surface area contributed by atoms with Gasteiger partial charge in [-0.25, -0.2) is 13.4 Å². The molecule has 3 rings (SSSR count). The zero-order valence-corrected chi connectivity index (χ0v) is 14.9. The van der Waals surface area contributed by atoms with Gasteiger partial charge in [0.2, 0.25) is 10.0 Å². The lowest BCUT2D eigenvalue weighted by Crippen LogP contribution is -2.13. The first-order valence-electron chi connectivity index (χ1n) is 7.73. The van der Waals surface area contributed by atoms with Crippen LogP contribution in [0, 0.1) is 6.92 Å². The van der Waals surface area contributed by atoms with Gasteiger partial charge in [0.05, 0.1) is 11.9 Å². The van der Waals surface area contributed by atoms with Gasteiger partial charge in [-0.1, -0.05) is 25.0 Å². The van der Waals surface area contributed by atoms with Crippen LogP contribution in [-0.4, -0.2) is 25.7 Å². The molecule has 1 fully saturated rings.